The summed E-state index contributed by atoms with van der Waals surface area (Å²) >= 11 is 0. The molecule has 1 saturated heterocycles. The van der Waals surface area contributed by atoms with Gasteiger partial charge in [0.05, 0.1) is 13.2 Å². The van der Waals surface area contributed by atoms with E-state index in [4.69, 9.17) is 9.47 Å². The van der Waals surface area contributed by atoms with Crippen LogP contribution in [0.1, 0.15) is 13.3 Å². The molecule has 0 atom stereocenters. The summed E-state index contributed by atoms with van der Waals surface area (Å²) < 4.78 is 10.6. The Morgan fingerprint density at radius 1 is 1.45 bits per heavy atom. The lowest BCUT2D eigenvalue weighted by Gasteiger charge is -2.19. The van der Waals surface area contributed by atoms with Crippen molar-refractivity contribution in [3.63, 3.8) is 0 Å². The van der Waals surface area contributed by atoms with Crippen molar-refractivity contribution in [3.8, 4) is 0 Å². The van der Waals surface area contributed by atoms with Crippen molar-refractivity contribution in [2.24, 2.45) is 0 Å². The third-order valence-corrected chi connectivity index (χ3v) is 1.60. The molecule has 1 aliphatic rings. The summed E-state index contributed by atoms with van der Waals surface area (Å²) in [6, 6.07) is 0. The number of carbonyl (C=O) groups is 1. The molecule has 0 amide bonds. The molecular weight excluding hydrogens is 144 g/mol. The first-order valence-electron chi connectivity index (χ1n) is 3.65. The number of carbonyl (C=O) groups excluding carboxylic acids is 1. The van der Waals surface area contributed by atoms with Crippen molar-refractivity contribution in [2.75, 3.05) is 13.2 Å². The maximum atomic E-state index is 9.91. The third-order valence-electron chi connectivity index (χ3n) is 1.60. The molecule has 62 valence electrons. The van der Waals surface area contributed by atoms with Crippen molar-refractivity contribution in [1.29, 1.82) is 0 Å². The zero-order chi connectivity index (χ0) is 8.16. The smallest absolute Gasteiger partial charge is 0.169 e. The van der Waals surface area contributed by atoms with Crippen molar-refractivity contribution < 1.29 is 14.3 Å². The van der Waals surface area contributed by atoms with Gasteiger partial charge in [-0.25, -0.2) is 0 Å². The van der Waals surface area contributed by atoms with E-state index in [9.17, 15) is 4.79 Å². The van der Waals surface area contributed by atoms with Gasteiger partial charge in [0, 0.05) is 6.42 Å². The summed E-state index contributed by atoms with van der Waals surface area (Å²) in [7, 11) is 0. The number of rotatable bonds is 3. The maximum Gasteiger partial charge on any atom is 0.169 e. The number of hydrogen-bond donors (Lipinski definition) is 0. The fourth-order valence-corrected chi connectivity index (χ4v) is 1.01. The predicted octanol–water partition coefficient (Wildman–Crippen LogP) is 0.895. The Balaban J connectivity index is 2.33. The van der Waals surface area contributed by atoms with Crippen LogP contribution in [0.15, 0.2) is 12.2 Å². The van der Waals surface area contributed by atoms with E-state index >= 15 is 0 Å². The van der Waals surface area contributed by atoms with Gasteiger partial charge in [0.1, 0.15) is 6.29 Å². The minimum Gasteiger partial charge on any atom is -0.348 e. The normalized spacial score (nSPS) is 22.6. The number of hydrogen-bond acceptors (Lipinski definition) is 3. The second kappa shape index (κ2) is 3.64. The molecule has 11 heavy (non-hydrogen) atoms. The van der Waals surface area contributed by atoms with Gasteiger partial charge in [0.25, 0.3) is 0 Å². The Morgan fingerprint density at radius 2 is 2.09 bits per heavy atom. The number of ether oxygens (including phenoxy) is 2. The lowest BCUT2D eigenvalue weighted by molar-refractivity contribution is -0.138. The molecule has 0 N–H and O–H groups in total. The monoisotopic (exact) mass is 156 g/mol. The summed E-state index contributed by atoms with van der Waals surface area (Å²) in [5.74, 6) is -0.500. The molecule has 0 bridgehead atoms. The van der Waals surface area contributed by atoms with Crippen LogP contribution in [-0.4, -0.2) is 25.3 Å². The Hall–Kier alpha value is -0.670. The Morgan fingerprint density at radius 3 is 2.64 bits per heavy atom. The summed E-state index contributed by atoms with van der Waals surface area (Å²) in [5, 5.41) is 0. The number of allylic oxidation sites excluding steroid dienone is 1. The van der Waals surface area contributed by atoms with Gasteiger partial charge < -0.3 is 9.47 Å². The largest absolute Gasteiger partial charge is 0.348 e. The lowest BCUT2D eigenvalue weighted by Crippen LogP contribution is -2.24. The Kier molecular flexibility index (Phi) is 2.79. The van der Waals surface area contributed by atoms with Crippen molar-refractivity contribution in [1.82, 2.24) is 0 Å². The van der Waals surface area contributed by atoms with E-state index in [-0.39, 0.29) is 0 Å². The first kappa shape index (κ1) is 8.43. The highest BCUT2D eigenvalue weighted by Crippen LogP contribution is 2.22. The van der Waals surface area contributed by atoms with Gasteiger partial charge in [-0.2, -0.15) is 0 Å². The maximum absolute atomic E-state index is 9.91. The van der Waals surface area contributed by atoms with Gasteiger partial charge in [0.2, 0.25) is 0 Å². The molecule has 0 saturated carbocycles. The van der Waals surface area contributed by atoms with Crippen LogP contribution in [0, 0.1) is 0 Å². The van der Waals surface area contributed by atoms with Gasteiger partial charge in [-0.1, -0.05) is 6.08 Å². The SMILES string of the molecule is CC1(C/C=C/C=O)OCCO1. The number of aldehydes is 1. The molecule has 1 aliphatic heterocycles. The van der Waals surface area contributed by atoms with Gasteiger partial charge in [-0.15, -0.1) is 0 Å². The van der Waals surface area contributed by atoms with E-state index in [0.29, 0.717) is 19.6 Å². The lowest BCUT2D eigenvalue weighted by atomic mass is 10.2. The van der Waals surface area contributed by atoms with Crippen LogP contribution in [0.4, 0.5) is 0 Å². The zero-order valence-corrected chi connectivity index (χ0v) is 6.58. The van der Waals surface area contributed by atoms with Gasteiger partial charge in [-0.3, -0.25) is 4.79 Å². The van der Waals surface area contributed by atoms with E-state index in [0.717, 1.165) is 6.29 Å². The van der Waals surface area contributed by atoms with Crippen LogP contribution in [0.2, 0.25) is 0 Å². The van der Waals surface area contributed by atoms with Crippen LogP contribution >= 0.6 is 0 Å². The quantitative estimate of drug-likeness (QED) is 0.449. The highest BCUT2D eigenvalue weighted by atomic mass is 16.7. The average Bonchev–Trinajstić information content (AvgIpc) is 2.38. The van der Waals surface area contributed by atoms with E-state index in [1.54, 1.807) is 6.08 Å². The minimum absolute atomic E-state index is 0.500. The third kappa shape index (κ3) is 2.44. The van der Waals surface area contributed by atoms with E-state index in [2.05, 4.69) is 0 Å². The molecule has 0 unspecified atom stereocenters. The van der Waals surface area contributed by atoms with Gasteiger partial charge in [0.15, 0.2) is 5.79 Å². The average molecular weight is 156 g/mol. The topological polar surface area (TPSA) is 35.5 Å². The minimum atomic E-state index is -0.500. The predicted molar refractivity (Wildman–Crippen MR) is 40.1 cm³/mol. The highest BCUT2D eigenvalue weighted by Gasteiger charge is 2.28. The van der Waals surface area contributed by atoms with Gasteiger partial charge in [-0.05, 0) is 13.0 Å². The molecule has 1 rings (SSSR count). The first-order valence-corrected chi connectivity index (χ1v) is 3.65. The molecule has 1 heterocycles. The van der Waals surface area contributed by atoms with Crippen molar-refractivity contribution in [3.05, 3.63) is 12.2 Å². The standard InChI is InChI=1S/C8H12O3/c1-8(4-2-3-5-9)10-6-7-11-8/h2-3,5H,4,6-7H2,1H3/b3-2+. The van der Waals surface area contributed by atoms with E-state index in [1.165, 1.54) is 6.08 Å². The summed E-state index contributed by atoms with van der Waals surface area (Å²) in [4.78, 5) is 9.91. The Bertz CT molecular complexity index is 157. The highest BCUT2D eigenvalue weighted by molar-refractivity contribution is 5.64. The van der Waals surface area contributed by atoms with Crippen LogP contribution < -0.4 is 0 Å². The molecule has 0 spiro atoms. The molecule has 3 heteroatoms. The second-order valence-corrected chi connectivity index (χ2v) is 2.60. The first-order chi connectivity index (χ1) is 5.27. The summed E-state index contributed by atoms with van der Waals surface area (Å²) in [6.07, 6.45) is 4.58. The molecule has 0 aromatic rings. The van der Waals surface area contributed by atoms with Crippen LogP contribution in [0.25, 0.3) is 0 Å². The Labute approximate surface area is 66.0 Å². The summed E-state index contributed by atoms with van der Waals surface area (Å²) in [5.41, 5.74) is 0. The fraction of sp³-hybridized carbons (Fsp3) is 0.625. The van der Waals surface area contributed by atoms with Crippen molar-refractivity contribution in [2.45, 2.75) is 19.1 Å². The van der Waals surface area contributed by atoms with Crippen LogP contribution in [0.5, 0.6) is 0 Å². The molecule has 3 nitrogen and oxygen atoms in total. The molecule has 0 radical (unpaired) electrons. The molecule has 0 aromatic heterocycles. The molecule has 0 aliphatic carbocycles. The molecule has 0 aromatic carbocycles. The van der Waals surface area contributed by atoms with Crippen molar-refractivity contribution >= 4 is 6.29 Å². The van der Waals surface area contributed by atoms with Gasteiger partial charge >= 0.3 is 0 Å². The molecular formula is C8H12O3. The fourth-order valence-electron chi connectivity index (χ4n) is 1.01. The van der Waals surface area contributed by atoms with E-state index < -0.39 is 5.79 Å². The second-order valence-electron chi connectivity index (χ2n) is 2.60. The zero-order valence-electron chi connectivity index (χ0n) is 6.58. The molecule has 1 fully saturated rings. The van der Waals surface area contributed by atoms with Crippen LogP contribution in [-0.2, 0) is 14.3 Å². The van der Waals surface area contributed by atoms with E-state index in [1.807, 2.05) is 6.92 Å². The summed E-state index contributed by atoms with van der Waals surface area (Å²) in [6.45, 7) is 3.16. The van der Waals surface area contributed by atoms with Crippen LogP contribution in [0.3, 0.4) is 0 Å².